The number of aromatic nitrogens is 2. The zero-order valence-electron chi connectivity index (χ0n) is 9.37. The topological polar surface area (TPSA) is 43.8 Å². The van der Waals surface area contributed by atoms with Gasteiger partial charge in [-0.25, -0.2) is 4.39 Å². The van der Waals surface area contributed by atoms with Gasteiger partial charge in [-0.1, -0.05) is 11.6 Å². The number of thioether (sulfide) groups is 1. The van der Waals surface area contributed by atoms with Crippen LogP contribution in [-0.2, 0) is 7.05 Å². The number of nitrogen functional groups attached to an aromatic ring is 1. The van der Waals surface area contributed by atoms with Crippen LogP contribution in [0.25, 0.3) is 11.1 Å². The third-order valence-electron chi connectivity index (χ3n) is 2.50. The molecule has 0 saturated carbocycles. The zero-order chi connectivity index (χ0) is 12.6. The monoisotopic (exact) mass is 271 g/mol. The van der Waals surface area contributed by atoms with Crippen LogP contribution in [0.3, 0.4) is 0 Å². The fraction of sp³-hybridized carbons (Fsp3) is 0.182. The summed E-state index contributed by atoms with van der Waals surface area (Å²) in [6, 6.07) is 3.12. The third-order valence-corrected chi connectivity index (χ3v) is 3.73. The normalized spacial score (nSPS) is 10.8. The van der Waals surface area contributed by atoms with Gasteiger partial charge in [-0.05, 0) is 24.0 Å². The number of nitrogens with zero attached hydrogens (tertiary/aromatic N) is 2. The average molecular weight is 272 g/mol. The lowest BCUT2D eigenvalue weighted by atomic mass is 10.1. The highest BCUT2D eigenvalue weighted by molar-refractivity contribution is 7.98. The molecule has 1 heterocycles. The molecule has 0 aliphatic carbocycles. The number of nitrogens with two attached hydrogens (primary N) is 1. The molecule has 6 heteroatoms. The molecule has 0 bridgehead atoms. The van der Waals surface area contributed by atoms with Crippen molar-refractivity contribution in [2.45, 2.75) is 4.90 Å². The van der Waals surface area contributed by atoms with Crippen molar-refractivity contribution in [1.29, 1.82) is 0 Å². The van der Waals surface area contributed by atoms with Crippen molar-refractivity contribution in [3.63, 3.8) is 0 Å². The summed E-state index contributed by atoms with van der Waals surface area (Å²) in [6.07, 6.45) is 3.38. The van der Waals surface area contributed by atoms with Crippen molar-refractivity contribution in [1.82, 2.24) is 9.78 Å². The van der Waals surface area contributed by atoms with Crippen LogP contribution in [0.1, 0.15) is 0 Å². The van der Waals surface area contributed by atoms with Gasteiger partial charge in [0.1, 0.15) is 11.6 Å². The second-order valence-electron chi connectivity index (χ2n) is 3.54. The van der Waals surface area contributed by atoms with E-state index in [-0.39, 0.29) is 5.82 Å². The Hall–Kier alpha value is -1.20. The number of hydrogen-bond acceptors (Lipinski definition) is 3. The summed E-state index contributed by atoms with van der Waals surface area (Å²) in [6.45, 7) is 0. The molecule has 0 unspecified atom stereocenters. The van der Waals surface area contributed by atoms with Crippen molar-refractivity contribution in [3.05, 3.63) is 29.2 Å². The number of anilines is 1. The van der Waals surface area contributed by atoms with E-state index < -0.39 is 0 Å². The molecule has 0 aliphatic rings. The molecule has 0 spiro atoms. The Morgan fingerprint density at radius 1 is 1.47 bits per heavy atom. The van der Waals surface area contributed by atoms with Crippen LogP contribution < -0.4 is 5.73 Å². The Kier molecular flexibility index (Phi) is 3.31. The Balaban J connectivity index is 2.58. The number of aryl methyl sites for hydroxylation is 1. The smallest absolute Gasteiger partial charge is 0.138 e. The van der Waals surface area contributed by atoms with E-state index in [1.165, 1.54) is 22.5 Å². The second-order valence-corrected chi connectivity index (χ2v) is 4.76. The fourth-order valence-electron chi connectivity index (χ4n) is 1.58. The van der Waals surface area contributed by atoms with E-state index in [1.54, 1.807) is 25.6 Å². The molecule has 1 aromatic carbocycles. The number of hydrogen-bond donors (Lipinski definition) is 1. The standard InChI is InChI=1S/C11H11ClFN3S/c1-16-11(14)7(5-15-16)6-3-8(12)10(17-2)9(13)4-6/h3-5H,14H2,1-2H3. The first kappa shape index (κ1) is 12.3. The summed E-state index contributed by atoms with van der Waals surface area (Å²) in [5, 5.41) is 4.40. The van der Waals surface area contributed by atoms with Crippen molar-refractivity contribution in [3.8, 4) is 11.1 Å². The fourth-order valence-corrected chi connectivity index (χ4v) is 2.53. The van der Waals surface area contributed by atoms with Crippen molar-refractivity contribution < 1.29 is 4.39 Å². The zero-order valence-corrected chi connectivity index (χ0v) is 10.9. The molecular weight excluding hydrogens is 261 g/mol. The maximum Gasteiger partial charge on any atom is 0.138 e. The Morgan fingerprint density at radius 2 is 2.18 bits per heavy atom. The average Bonchev–Trinajstić information content (AvgIpc) is 2.59. The van der Waals surface area contributed by atoms with Gasteiger partial charge in [0.15, 0.2) is 0 Å². The van der Waals surface area contributed by atoms with Crippen molar-refractivity contribution in [2.75, 3.05) is 12.0 Å². The molecule has 17 heavy (non-hydrogen) atoms. The predicted molar refractivity (Wildman–Crippen MR) is 69.8 cm³/mol. The molecule has 0 radical (unpaired) electrons. The molecule has 0 fully saturated rings. The Bertz CT molecular complexity index is 545. The van der Waals surface area contributed by atoms with Crippen molar-refractivity contribution >= 4 is 29.2 Å². The minimum absolute atomic E-state index is 0.344. The quantitative estimate of drug-likeness (QED) is 0.853. The highest BCUT2D eigenvalue weighted by atomic mass is 35.5. The summed E-state index contributed by atoms with van der Waals surface area (Å²) in [4.78, 5) is 0.442. The van der Waals surface area contributed by atoms with Crippen LogP contribution in [0.4, 0.5) is 10.2 Å². The number of benzene rings is 1. The molecule has 90 valence electrons. The Morgan fingerprint density at radius 3 is 2.65 bits per heavy atom. The minimum atomic E-state index is -0.344. The van der Waals surface area contributed by atoms with Crippen LogP contribution >= 0.6 is 23.4 Å². The molecule has 2 N–H and O–H groups in total. The van der Waals surface area contributed by atoms with Gasteiger partial charge in [0.05, 0.1) is 16.1 Å². The predicted octanol–water partition coefficient (Wildman–Crippen LogP) is 3.18. The summed E-state index contributed by atoms with van der Waals surface area (Å²) in [5.41, 5.74) is 7.15. The van der Waals surface area contributed by atoms with Crippen LogP contribution in [0, 0.1) is 5.82 Å². The van der Waals surface area contributed by atoms with Crippen LogP contribution in [0.5, 0.6) is 0 Å². The summed E-state index contributed by atoms with van der Waals surface area (Å²) in [7, 11) is 1.73. The van der Waals surface area contributed by atoms with E-state index in [2.05, 4.69) is 5.10 Å². The van der Waals surface area contributed by atoms with E-state index >= 15 is 0 Å². The first-order valence-electron chi connectivity index (χ1n) is 4.85. The molecule has 1 aromatic heterocycles. The Labute approximate surface area is 108 Å². The highest BCUT2D eigenvalue weighted by Crippen LogP contribution is 2.34. The van der Waals surface area contributed by atoms with Gasteiger partial charge < -0.3 is 5.73 Å². The lowest BCUT2D eigenvalue weighted by Gasteiger charge is -2.06. The van der Waals surface area contributed by atoms with Crippen molar-refractivity contribution in [2.24, 2.45) is 7.05 Å². The molecule has 0 saturated heterocycles. The van der Waals surface area contributed by atoms with E-state index in [0.29, 0.717) is 26.9 Å². The SMILES string of the molecule is CSc1c(F)cc(-c2cnn(C)c2N)cc1Cl. The lowest BCUT2D eigenvalue weighted by molar-refractivity contribution is 0.603. The second kappa shape index (κ2) is 4.58. The van der Waals surface area contributed by atoms with E-state index in [0.717, 1.165) is 0 Å². The van der Waals surface area contributed by atoms with Crippen LogP contribution in [0.2, 0.25) is 5.02 Å². The van der Waals surface area contributed by atoms with Gasteiger partial charge in [0.2, 0.25) is 0 Å². The van der Waals surface area contributed by atoms with E-state index in [9.17, 15) is 4.39 Å². The van der Waals surface area contributed by atoms with Gasteiger partial charge in [0.25, 0.3) is 0 Å². The third kappa shape index (κ3) is 2.12. The number of halogens is 2. The van der Waals surface area contributed by atoms with Gasteiger partial charge >= 0.3 is 0 Å². The van der Waals surface area contributed by atoms with E-state index in [1.807, 2.05) is 0 Å². The highest BCUT2D eigenvalue weighted by Gasteiger charge is 2.13. The molecule has 3 nitrogen and oxygen atoms in total. The molecule has 0 atom stereocenters. The molecule has 0 amide bonds. The maximum atomic E-state index is 13.8. The lowest BCUT2D eigenvalue weighted by Crippen LogP contribution is -1.98. The minimum Gasteiger partial charge on any atom is -0.383 e. The molecule has 2 rings (SSSR count). The first-order valence-corrected chi connectivity index (χ1v) is 6.45. The summed E-state index contributed by atoms with van der Waals surface area (Å²) in [5.74, 6) is 0.139. The van der Waals surface area contributed by atoms with Crippen LogP contribution in [-0.4, -0.2) is 16.0 Å². The molecular formula is C11H11ClFN3S. The van der Waals surface area contributed by atoms with Gasteiger partial charge in [-0.2, -0.15) is 5.10 Å². The first-order chi connectivity index (χ1) is 8.04. The molecule has 0 aliphatic heterocycles. The van der Waals surface area contributed by atoms with E-state index in [4.69, 9.17) is 17.3 Å². The largest absolute Gasteiger partial charge is 0.383 e. The van der Waals surface area contributed by atoms with Gasteiger partial charge in [0, 0.05) is 12.6 Å². The summed E-state index contributed by atoms with van der Waals surface area (Å²) >= 11 is 7.29. The molecule has 2 aromatic rings. The van der Waals surface area contributed by atoms with Crippen LogP contribution in [0.15, 0.2) is 23.2 Å². The number of rotatable bonds is 2. The van der Waals surface area contributed by atoms with Gasteiger partial charge in [-0.15, -0.1) is 11.8 Å². The maximum absolute atomic E-state index is 13.8. The van der Waals surface area contributed by atoms with Gasteiger partial charge in [-0.3, -0.25) is 4.68 Å². The summed E-state index contributed by atoms with van der Waals surface area (Å²) < 4.78 is 15.3.